The molecule has 0 radical (unpaired) electrons. The number of nitrogens with zero attached hydrogens (tertiary/aromatic N) is 1. The van der Waals surface area contributed by atoms with Crippen LogP contribution in [0.3, 0.4) is 0 Å². The highest BCUT2D eigenvalue weighted by Gasteiger charge is 2.35. The number of rotatable bonds is 6. The third kappa shape index (κ3) is 5.95. The third-order valence-corrected chi connectivity index (χ3v) is 3.64. The van der Waals surface area contributed by atoms with E-state index in [0.717, 1.165) is 0 Å². The fraction of sp³-hybridized carbons (Fsp3) is 1.00. The van der Waals surface area contributed by atoms with Gasteiger partial charge in [0, 0.05) is 13.2 Å². The molecule has 0 unspecified atom stereocenters. The number of sulfonamides is 1. The van der Waals surface area contributed by atoms with Gasteiger partial charge in [-0.25, -0.2) is 8.42 Å². The average Bonchev–Trinajstić information content (AvgIpc) is 2.09. The van der Waals surface area contributed by atoms with Crippen molar-refractivity contribution in [3.63, 3.8) is 0 Å². The van der Waals surface area contributed by atoms with Crippen LogP contribution in [-0.2, 0) is 10.0 Å². The first kappa shape index (κ1) is 14.7. The summed E-state index contributed by atoms with van der Waals surface area (Å²) in [6, 6.07) is 0. The summed E-state index contributed by atoms with van der Waals surface area (Å²) in [7, 11) is -3.91. The Bertz CT molecular complexity index is 276. The Balaban J connectivity index is 4.52. The van der Waals surface area contributed by atoms with E-state index in [0.29, 0.717) is 4.31 Å². The predicted molar refractivity (Wildman–Crippen MR) is 48.8 cm³/mol. The molecular formula is C7H14F3NO3S. The molecule has 1 N–H and O–H groups in total. The van der Waals surface area contributed by atoms with Gasteiger partial charge in [-0.1, -0.05) is 6.92 Å². The van der Waals surface area contributed by atoms with E-state index in [9.17, 15) is 21.6 Å². The number of alkyl halides is 3. The maximum atomic E-state index is 12.0. The lowest BCUT2D eigenvalue weighted by Crippen LogP contribution is -2.40. The summed E-state index contributed by atoms with van der Waals surface area (Å²) < 4.78 is 59.0. The number of halogens is 3. The standard InChI is InChI=1S/C7H14F3NO3S/c1-2-11(6-7(8,9)10)15(13,14)5-3-4-12/h12H,2-6H2,1H3. The molecule has 0 rings (SSSR count). The Hall–Kier alpha value is -0.340. The van der Waals surface area contributed by atoms with Gasteiger partial charge in [0.05, 0.1) is 5.75 Å². The van der Waals surface area contributed by atoms with E-state index in [1.165, 1.54) is 6.92 Å². The summed E-state index contributed by atoms with van der Waals surface area (Å²) in [5.74, 6) is -0.465. The molecule has 4 nitrogen and oxygen atoms in total. The van der Waals surface area contributed by atoms with E-state index < -0.39 is 28.5 Å². The smallest absolute Gasteiger partial charge is 0.396 e. The maximum absolute atomic E-state index is 12.0. The molecule has 0 saturated heterocycles. The zero-order valence-corrected chi connectivity index (χ0v) is 9.11. The average molecular weight is 249 g/mol. The Morgan fingerprint density at radius 1 is 1.33 bits per heavy atom. The number of aliphatic hydroxyl groups is 1. The molecule has 0 aliphatic heterocycles. The lowest BCUT2D eigenvalue weighted by Gasteiger charge is -2.21. The molecule has 92 valence electrons. The third-order valence-electron chi connectivity index (χ3n) is 1.66. The summed E-state index contributed by atoms with van der Waals surface area (Å²) in [5.41, 5.74) is 0. The van der Waals surface area contributed by atoms with Crippen molar-refractivity contribution in [2.45, 2.75) is 19.5 Å². The first-order valence-electron chi connectivity index (χ1n) is 4.38. The van der Waals surface area contributed by atoms with Crippen LogP contribution >= 0.6 is 0 Å². The number of aliphatic hydroxyl groups excluding tert-OH is 1. The highest BCUT2D eigenvalue weighted by molar-refractivity contribution is 7.89. The van der Waals surface area contributed by atoms with Crippen molar-refractivity contribution < 1.29 is 26.7 Å². The molecule has 15 heavy (non-hydrogen) atoms. The highest BCUT2D eigenvalue weighted by Crippen LogP contribution is 2.18. The van der Waals surface area contributed by atoms with Gasteiger partial charge in [0.2, 0.25) is 10.0 Å². The molecule has 0 aromatic carbocycles. The van der Waals surface area contributed by atoms with E-state index in [4.69, 9.17) is 5.11 Å². The van der Waals surface area contributed by atoms with Crippen molar-refractivity contribution in [2.24, 2.45) is 0 Å². The van der Waals surface area contributed by atoms with Crippen molar-refractivity contribution in [2.75, 3.05) is 25.4 Å². The second-order valence-electron chi connectivity index (χ2n) is 2.93. The second-order valence-corrected chi connectivity index (χ2v) is 5.02. The van der Waals surface area contributed by atoms with Crippen LogP contribution in [0.5, 0.6) is 0 Å². The summed E-state index contributed by atoms with van der Waals surface area (Å²) in [4.78, 5) is 0. The van der Waals surface area contributed by atoms with Gasteiger partial charge < -0.3 is 5.11 Å². The SMILES string of the molecule is CCN(CC(F)(F)F)S(=O)(=O)CCCO. The lowest BCUT2D eigenvalue weighted by molar-refractivity contribution is -0.135. The van der Waals surface area contributed by atoms with Gasteiger partial charge in [-0.3, -0.25) is 0 Å². The van der Waals surface area contributed by atoms with Crippen molar-refractivity contribution in [1.29, 1.82) is 0 Å². The zero-order chi connectivity index (χ0) is 12.1. The second kappa shape index (κ2) is 5.66. The highest BCUT2D eigenvalue weighted by atomic mass is 32.2. The van der Waals surface area contributed by atoms with E-state index in [2.05, 4.69) is 0 Å². The Kier molecular flexibility index (Phi) is 5.54. The topological polar surface area (TPSA) is 57.6 Å². The van der Waals surface area contributed by atoms with Gasteiger partial charge in [0.15, 0.2) is 0 Å². The van der Waals surface area contributed by atoms with E-state index in [1.54, 1.807) is 0 Å². The molecule has 0 bridgehead atoms. The Labute approximate surface area is 86.7 Å². The predicted octanol–water partition coefficient (Wildman–Crippen LogP) is 0.583. The number of hydrogen-bond acceptors (Lipinski definition) is 3. The van der Waals surface area contributed by atoms with Crippen LogP contribution in [-0.4, -0.2) is 49.5 Å². The molecular weight excluding hydrogens is 235 g/mol. The van der Waals surface area contributed by atoms with Crippen LogP contribution in [0, 0.1) is 0 Å². The molecule has 0 spiro atoms. The molecule has 0 aromatic heterocycles. The van der Waals surface area contributed by atoms with E-state index >= 15 is 0 Å². The zero-order valence-electron chi connectivity index (χ0n) is 8.29. The van der Waals surface area contributed by atoms with Gasteiger partial charge in [0.1, 0.15) is 6.54 Å². The fourth-order valence-electron chi connectivity index (χ4n) is 0.983. The van der Waals surface area contributed by atoms with Gasteiger partial charge in [-0.2, -0.15) is 17.5 Å². The van der Waals surface area contributed by atoms with Gasteiger partial charge in [-0.05, 0) is 6.42 Å². The van der Waals surface area contributed by atoms with E-state index in [-0.39, 0.29) is 19.6 Å². The van der Waals surface area contributed by atoms with Crippen molar-refractivity contribution in [1.82, 2.24) is 4.31 Å². The first-order valence-corrected chi connectivity index (χ1v) is 5.99. The van der Waals surface area contributed by atoms with Crippen LogP contribution in [0.1, 0.15) is 13.3 Å². The van der Waals surface area contributed by atoms with Crippen LogP contribution in [0.25, 0.3) is 0 Å². The molecule has 0 aliphatic rings. The minimum Gasteiger partial charge on any atom is -0.396 e. The molecule has 0 heterocycles. The van der Waals surface area contributed by atoms with Crippen LogP contribution in [0.2, 0.25) is 0 Å². The summed E-state index contributed by atoms with van der Waals surface area (Å²) in [6.45, 7) is -0.727. The molecule has 0 aromatic rings. The molecule has 0 atom stereocenters. The minimum atomic E-state index is -4.54. The van der Waals surface area contributed by atoms with Gasteiger partial charge >= 0.3 is 6.18 Å². The normalized spacial score (nSPS) is 13.5. The molecule has 0 fully saturated rings. The molecule has 0 amide bonds. The van der Waals surface area contributed by atoms with Crippen LogP contribution in [0.4, 0.5) is 13.2 Å². The van der Waals surface area contributed by atoms with Gasteiger partial charge in [-0.15, -0.1) is 0 Å². The first-order chi connectivity index (χ1) is 6.73. The Morgan fingerprint density at radius 3 is 2.20 bits per heavy atom. The summed E-state index contributed by atoms with van der Waals surface area (Å²) in [5, 5.41) is 8.41. The molecule has 8 heteroatoms. The summed E-state index contributed by atoms with van der Waals surface area (Å²) in [6.07, 6.45) is -4.60. The number of hydrogen-bond donors (Lipinski definition) is 1. The fourth-order valence-corrected chi connectivity index (χ4v) is 2.47. The van der Waals surface area contributed by atoms with Crippen molar-refractivity contribution in [3.8, 4) is 0 Å². The van der Waals surface area contributed by atoms with Crippen molar-refractivity contribution in [3.05, 3.63) is 0 Å². The van der Waals surface area contributed by atoms with Crippen molar-refractivity contribution >= 4 is 10.0 Å². The maximum Gasteiger partial charge on any atom is 0.402 e. The van der Waals surface area contributed by atoms with Crippen LogP contribution < -0.4 is 0 Å². The molecule has 0 saturated carbocycles. The largest absolute Gasteiger partial charge is 0.402 e. The molecule has 0 aliphatic carbocycles. The lowest BCUT2D eigenvalue weighted by atomic mass is 10.5. The summed E-state index contributed by atoms with van der Waals surface area (Å²) >= 11 is 0. The quantitative estimate of drug-likeness (QED) is 0.749. The van der Waals surface area contributed by atoms with Gasteiger partial charge in [0.25, 0.3) is 0 Å². The minimum absolute atomic E-state index is 0.0588. The Morgan fingerprint density at radius 2 is 1.87 bits per heavy atom. The van der Waals surface area contributed by atoms with E-state index in [1.807, 2.05) is 0 Å². The monoisotopic (exact) mass is 249 g/mol. The van der Waals surface area contributed by atoms with Crippen LogP contribution in [0.15, 0.2) is 0 Å².